The van der Waals surface area contributed by atoms with E-state index in [0.29, 0.717) is 27.7 Å². The first-order valence-corrected chi connectivity index (χ1v) is 10.8. The summed E-state index contributed by atoms with van der Waals surface area (Å²) >= 11 is 1.22. The van der Waals surface area contributed by atoms with Gasteiger partial charge in [0.1, 0.15) is 11.6 Å². The Hall–Kier alpha value is -3.46. The molecule has 1 aliphatic rings. The zero-order valence-electron chi connectivity index (χ0n) is 17.4. The van der Waals surface area contributed by atoms with Crippen LogP contribution < -0.4 is 10.9 Å². The molecule has 4 rings (SSSR count). The molecule has 0 saturated carbocycles. The Bertz CT molecular complexity index is 1260. The monoisotopic (exact) mass is 453 g/mol. The number of esters is 1. The number of nitrogens with zero attached hydrogens (tertiary/aromatic N) is 2. The predicted molar refractivity (Wildman–Crippen MR) is 118 cm³/mol. The van der Waals surface area contributed by atoms with Gasteiger partial charge >= 0.3 is 5.97 Å². The van der Waals surface area contributed by atoms with Crippen molar-refractivity contribution in [3.05, 3.63) is 87.0 Å². The number of amides is 1. The summed E-state index contributed by atoms with van der Waals surface area (Å²) in [6, 6.07) is 13.0. The first-order chi connectivity index (χ1) is 15.4. The summed E-state index contributed by atoms with van der Waals surface area (Å²) < 4.78 is 20.3. The molecule has 32 heavy (non-hydrogen) atoms. The van der Waals surface area contributed by atoms with Crippen LogP contribution in [-0.2, 0) is 22.3 Å². The number of aromatic nitrogens is 2. The Kier molecular flexibility index (Phi) is 6.09. The molecule has 0 bridgehead atoms. The second-order valence-electron chi connectivity index (χ2n) is 7.32. The van der Waals surface area contributed by atoms with Gasteiger partial charge in [0.05, 0.1) is 18.2 Å². The lowest BCUT2D eigenvalue weighted by Gasteiger charge is -2.27. The number of thioether (sulfide) groups is 1. The molecule has 1 aromatic heterocycles. The van der Waals surface area contributed by atoms with E-state index in [-0.39, 0.29) is 23.9 Å². The number of nitrogens with one attached hydrogen (secondary N) is 1. The van der Waals surface area contributed by atoms with Gasteiger partial charge in [0, 0.05) is 25.1 Å². The van der Waals surface area contributed by atoms with E-state index in [1.807, 2.05) is 0 Å². The molecule has 0 unspecified atom stereocenters. The quantitative estimate of drug-likeness (QED) is 0.361. The van der Waals surface area contributed by atoms with Crippen molar-refractivity contribution < 1.29 is 18.7 Å². The summed E-state index contributed by atoms with van der Waals surface area (Å²) in [7, 11) is 3.01. The molecule has 164 valence electrons. The van der Waals surface area contributed by atoms with E-state index in [0.717, 1.165) is 5.56 Å². The summed E-state index contributed by atoms with van der Waals surface area (Å²) in [6.45, 7) is 0. The van der Waals surface area contributed by atoms with Crippen LogP contribution in [0.4, 0.5) is 10.2 Å². The van der Waals surface area contributed by atoms with Gasteiger partial charge in [0.15, 0.2) is 5.16 Å². The fourth-order valence-electron chi connectivity index (χ4n) is 3.68. The van der Waals surface area contributed by atoms with Gasteiger partial charge < -0.3 is 14.6 Å². The van der Waals surface area contributed by atoms with E-state index in [2.05, 4.69) is 10.3 Å². The Morgan fingerprint density at radius 3 is 2.62 bits per heavy atom. The molecule has 9 heteroatoms. The maximum Gasteiger partial charge on any atom is 0.337 e. The van der Waals surface area contributed by atoms with Crippen molar-refractivity contribution in [2.45, 2.75) is 23.2 Å². The minimum atomic E-state index is -0.498. The molecule has 2 aromatic carbocycles. The zero-order chi connectivity index (χ0) is 22.8. The van der Waals surface area contributed by atoms with E-state index >= 15 is 0 Å². The lowest BCUT2D eigenvalue weighted by Crippen LogP contribution is -2.33. The van der Waals surface area contributed by atoms with Crippen molar-refractivity contribution in [1.82, 2.24) is 9.55 Å². The van der Waals surface area contributed by atoms with Crippen LogP contribution in [0.1, 0.15) is 39.4 Å². The zero-order valence-corrected chi connectivity index (χ0v) is 18.2. The van der Waals surface area contributed by atoms with Crippen LogP contribution in [0.5, 0.6) is 0 Å². The SMILES string of the molecule is COC(=O)c1ccc([C@@H]2CC(=O)Nc3c2c(=O)nc(SCc2ccccc2F)n3C)cc1. The molecule has 0 aliphatic carbocycles. The molecule has 1 aliphatic heterocycles. The number of anilines is 1. The van der Waals surface area contributed by atoms with Crippen molar-refractivity contribution in [3.63, 3.8) is 0 Å². The molecule has 0 spiro atoms. The number of hydrogen-bond donors (Lipinski definition) is 1. The van der Waals surface area contributed by atoms with Gasteiger partial charge in [-0.25, -0.2) is 9.18 Å². The highest BCUT2D eigenvalue weighted by molar-refractivity contribution is 7.98. The van der Waals surface area contributed by atoms with Crippen molar-refractivity contribution in [3.8, 4) is 0 Å². The topological polar surface area (TPSA) is 90.3 Å². The normalized spacial score (nSPS) is 15.1. The average Bonchev–Trinajstić information content (AvgIpc) is 2.80. The van der Waals surface area contributed by atoms with Crippen molar-refractivity contribution in [2.75, 3.05) is 12.4 Å². The van der Waals surface area contributed by atoms with Gasteiger partial charge in [-0.05, 0) is 29.3 Å². The first kappa shape index (κ1) is 21.8. The number of methoxy groups -OCH3 is 1. The lowest BCUT2D eigenvalue weighted by atomic mass is 9.86. The summed E-state index contributed by atoms with van der Waals surface area (Å²) in [6.07, 6.45) is 0.0865. The molecule has 3 aromatic rings. The van der Waals surface area contributed by atoms with Gasteiger partial charge in [-0.3, -0.25) is 9.59 Å². The second-order valence-corrected chi connectivity index (χ2v) is 8.26. The van der Waals surface area contributed by atoms with Crippen LogP contribution in [0.2, 0.25) is 0 Å². The van der Waals surface area contributed by atoms with E-state index in [4.69, 9.17) is 4.74 Å². The van der Waals surface area contributed by atoms with E-state index in [1.165, 1.54) is 24.9 Å². The fourth-order valence-corrected chi connectivity index (χ4v) is 4.63. The highest BCUT2D eigenvalue weighted by Gasteiger charge is 2.32. The Labute approximate surface area is 187 Å². The van der Waals surface area contributed by atoms with E-state index < -0.39 is 17.4 Å². The smallest absolute Gasteiger partial charge is 0.337 e. The maximum atomic E-state index is 13.9. The summed E-state index contributed by atoms with van der Waals surface area (Å²) in [5.41, 5.74) is 1.53. The summed E-state index contributed by atoms with van der Waals surface area (Å²) in [5.74, 6) is -0.857. The number of ether oxygens (including phenoxy) is 1. The van der Waals surface area contributed by atoms with Gasteiger partial charge in [0.2, 0.25) is 5.91 Å². The fraction of sp³-hybridized carbons (Fsp3) is 0.217. The molecule has 1 amide bonds. The Morgan fingerprint density at radius 1 is 1.22 bits per heavy atom. The van der Waals surface area contributed by atoms with Crippen LogP contribution in [0.3, 0.4) is 0 Å². The molecular formula is C23H20FN3O4S. The molecular weight excluding hydrogens is 433 g/mol. The number of benzene rings is 2. The number of hydrogen-bond acceptors (Lipinski definition) is 6. The molecule has 0 radical (unpaired) electrons. The van der Waals surface area contributed by atoms with Crippen molar-refractivity contribution >= 4 is 29.5 Å². The van der Waals surface area contributed by atoms with Gasteiger partial charge in [0.25, 0.3) is 5.56 Å². The average molecular weight is 453 g/mol. The number of fused-ring (bicyclic) bond motifs is 1. The van der Waals surface area contributed by atoms with E-state index in [9.17, 15) is 18.8 Å². The van der Waals surface area contributed by atoms with Gasteiger partial charge in [-0.2, -0.15) is 4.98 Å². The van der Waals surface area contributed by atoms with Gasteiger partial charge in [-0.15, -0.1) is 0 Å². The predicted octanol–water partition coefficient (Wildman–Crippen LogP) is 3.47. The number of halogens is 1. The van der Waals surface area contributed by atoms with Crippen LogP contribution >= 0.6 is 11.8 Å². The maximum absolute atomic E-state index is 13.9. The standard InChI is InChI=1S/C23H20FN3O4S/c1-27-20-19(21(29)26-23(27)32-12-15-5-3-4-6-17(15)24)16(11-18(28)25-20)13-7-9-14(10-8-13)22(30)31-2/h3-10,16H,11-12H2,1-2H3,(H,25,28)/t16-/m0/s1. The molecule has 0 fully saturated rings. The van der Waals surface area contributed by atoms with Crippen molar-refractivity contribution in [2.24, 2.45) is 7.05 Å². The third-order valence-electron chi connectivity index (χ3n) is 5.35. The first-order valence-electron chi connectivity index (χ1n) is 9.84. The minimum absolute atomic E-state index is 0.0865. The third kappa shape index (κ3) is 4.16. The highest BCUT2D eigenvalue weighted by atomic mass is 32.2. The minimum Gasteiger partial charge on any atom is -0.465 e. The van der Waals surface area contributed by atoms with Gasteiger partial charge in [-0.1, -0.05) is 42.1 Å². The highest BCUT2D eigenvalue weighted by Crippen LogP contribution is 2.36. The molecule has 0 saturated heterocycles. The summed E-state index contributed by atoms with van der Waals surface area (Å²) in [5, 5.41) is 3.15. The molecule has 7 nitrogen and oxygen atoms in total. The lowest BCUT2D eigenvalue weighted by molar-refractivity contribution is -0.116. The third-order valence-corrected chi connectivity index (χ3v) is 6.43. The Balaban J connectivity index is 1.69. The second kappa shape index (κ2) is 8.96. The van der Waals surface area contributed by atoms with Crippen LogP contribution in [0.25, 0.3) is 0 Å². The van der Waals surface area contributed by atoms with Crippen LogP contribution in [0, 0.1) is 5.82 Å². The van der Waals surface area contributed by atoms with Crippen LogP contribution in [-0.4, -0.2) is 28.5 Å². The largest absolute Gasteiger partial charge is 0.465 e. The van der Waals surface area contributed by atoms with E-state index in [1.54, 1.807) is 54.1 Å². The number of rotatable bonds is 5. The molecule has 1 atom stereocenters. The number of carbonyl (C=O) groups is 2. The summed E-state index contributed by atoms with van der Waals surface area (Å²) in [4.78, 5) is 41.4. The van der Waals surface area contributed by atoms with Crippen molar-refractivity contribution in [1.29, 1.82) is 0 Å². The molecule has 1 N–H and O–H groups in total. The number of carbonyl (C=O) groups excluding carboxylic acids is 2. The van der Waals surface area contributed by atoms with Crippen LogP contribution in [0.15, 0.2) is 58.5 Å². The Morgan fingerprint density at radius 2 is 1.94 bits per heavy atom. The molecule has 2 heterocycles.